The van der Waals surface area contributed by atoms with Crippen molar-refractivity contribution in [3.05, 3.63) is 28.6 Å². The lowest BCUT2D eigenvalue weighted by molar-refractivity contribution is 0.507. The highest BCUT2D eigenvalue weighted by molar-refractivity contribution is 5.81. The Kier molecular flexibility index (Phi) is 3.46. The van der Waals surface area contributed by atoms with Gasteiger partial charge in [-0.2, -0.15) is 0 Å². The van der Waals surface area contributed by atoms with Crippen LogP contribution in [0.2, 0.25) is 0 Å². The van der Waals surface area contributed by atoms with E-state index < -0.39 is 0 Å². The largest absolute Gasteiger partial charge is 0.399 e. The molecule has 2 rings (SSSR count). The monoisotopic (exact) mass is 260 g/mol. The standard InChI is InChI=1S/C14H20N4O/c1-4-7-14(2,3)18-13-16-11-6-5-9(15)8-10(11)12(19)17-13/h5-6,8H,4,7,15H2,1-3H3,(H2,16,17,18,19). The Labute approximate surface area is 112 Å². The first-order valence-electron chi connectivity index (χ1n) is 6.49. The Hall–Kier alpha value is -2.04. The van der Waals surface area contributed by atoms with Crippen LogP contribution >= 0.6 is 0 Å². The number of nitrogen functional groups attached to an aromatic ring is 1. The molecule has 0 saturated heterocycles. The number of rotatable bonds is 4. The van der Waals surface area contributed by atoms with Crippen LogP contribution < -0.4 is 16.6 Å². The minimum Gasteiger partial charge on any atom is -0.399 e. The molecule has 102 valence electrons. The maximum Gasteiger partial charge on any atom is 0.260 e. The lowest BCUT2D eigenvalue weighted by Gasteiger charge is -2.26. The van der Waals surface area contributed by atoms with Gasteiger partial charge in [0.25, 0.3) is 5.56 Å². The molecule has 1 aromatic carbocycles. The van der Waals surface area contributed by atoms with Gasteiger partial charge < -0.3 is 11.1 Å². The van der Waals surface area contributed by atoms with Gasteiger partial charge in [-0.1, -0.05) is 13.3 Å². The summed E-state index contributed by atoms with van der Waals surface area (Å²) >= 11 is 0. The molecule has 1 heterocycles. The van der Waals surface area contributed by atoms with Crippen molar-refractivity contribution in [1.29, 1.82) is 0 Å². The zero-order chi connectivity index (χ0) is 14.0. The van der Waals surface area contributed by atoms with Gasteiger partial charge in [-0.3, -0.25) is 9.78 Å². The van der Waals surface area contributed by atoms with Crippen molar-refractivity contribution in [3.63, 3.8) is 0 Å². The second kappa shape index (κ2) is 4.91. The van der Waals surface area contributed by atoms with E-state index in [2.05, 4.69) is 36.1 Å². The van der Waals surface area contributed by atoms with E-state index in [-0.39, 0.29) is 11.1 Å². The molecule has 0 spiro atoms. The quantitative estimate of drug-likeness (QED) is 0.737. The molecule has 2 aromatic rings. The molecule has 0 atom stereocenters. The number of nitrogens with zero attached hydrogens (tertiary/aromatic N) is 1. The summed E-state index contributed by atoms with van der Waals surface area (Å²) in [6.07, 6.45) is 2.06. The highest BCUT2D eigenvalue weighted by atomic mass is 16.1. The number of hydrogen-bond donors (Lipinski definition) is 3. The normalized spacial score (nSPS) is 11.7. The van der Waals surface area contributed by atoms with Crippen LogP contribution in [0.3, 0.4) is 0 Å². The van der Waals surface area contributed by atoms with E-state index in [4.69, 9.17) is 5.73 Å². The third-order valence-electron chi connectivity index (χ3n) is 3.06. The molecule has 19 heavy (non-hydrogen) atoms. The number of anilines is 2. The smallest absolute Gasteiger partial charge is 0.260 e. The SMILES string of the molecule is CCCC(C)(C)Nc1nc2ccc(N)cc2c(=O)[nH]1. The van der Waals surface area contributed by atoms with Crippen LogP contribution in [0.5, 0.6) is 0 Å². The number of benzene rings is 1. The van der Waals surface area contributed by atoms with Gasteiger partial charge in [-0.25, -0.2) is 4.98 Å². The van der Waals surface area contributed by atoms with E-state index in [1.54, 1.807) is 18.2 Å². The molecule has 5 heteroatoms. The first-order chi connectivity index (χ1) is 8.91. The topological polar surface area (TPSA) is 83.8 Å². The Morgan fingerprint density at radius 3 is 2.84 bits per heavy atom. The number of nitrogens with one attached hydrogen (secondary N) is 2. The van der Waals surface area contributed by atoms with Gasteiger partial charge in [0.15, 0.2) is 0 Å². The van der Waals surface area contributed by atoms with E-state index in [0.717, 1.165) is 12.8 Å². The van der Waals surface area contributed by atoms with E-state index >= 15 is 0 Å². The fraction of sp³-hybridized carbons (Fsp3) is 0.429. The summed E-state index contributed by atoms with van der Waals surface area (Å²) in [5.74, 6) is 0.501. The first kappa shape index (κ1) is 13.4. The summed E-state index contributed by atoms with van der Waals surface area (Å²) in [7, 11) is 0. The Morgan fingerprint density at radius 1 is 1.42 bits per heavy atom. The van der Waals surface area contributed by atoms with Gasteiger partial charge in [0, 0.05) is 11.2 Å². The predicted molar refractivity (Wildman–Crippen MR) is 79.4 cm³/mol. The van der Waals surface area contributed by atoms with Crippen molar-refractivity contribution < 1.29 is 0 Å². The summed E-state index contributed by atoms with van der Waals surface area (Å²) in [6, 6.07) is 5.15. The second-order valence-electron chi connectivity index (χ2n) is 5.45. The number of hydrogen-bond acceptors (Lipinski definition) is 4. The van der Waals surface area contributed by atoms with Crippen LogP contribution in [0.4, 0.5) is 11.6 Å². The van der Waals surface area contributed by atoms with Crippen LogP contribution in [-0.2, 0) is 0 Å². The Balaban J connectivity index is 2.41. The summed E-state index contributed by atoms with van der Waals surface area (Å²) in [5.41, 5.74) is 6.60. The summed E-state index contributed by atoms with van der Waals surface area (Å²) in [4.78, 5) is 19.2. The lowest BCUT2D eigenvalue weighted by Crippen LogP contribution is -2.32. The number of nitrogens with two attached hydrogens (primary N) is 1. The van der Waals surface area contributed by atoms with E-state index in [9.17, 15) is 4.79 Å². The van der Waals surface area contributed by atoms with Crippen molar-refractivity contribution in [3.8, 4) is 0 Å². The zero-order valence-electron chi connectivity index (χ0n) is 11.6. The highest BCUT2D eigenvalue weighted by Gasteiger charge is 2.17. The van der Waals surface area contributed by atoms with Crippen molar-refractivity contribution in [2.75, 3.05) is 11.1 Å². The molecule has 4 N–H and O–H groups in total. The van der Waals surface area contributed by atoms with Crippen LogP contribution in [0.25, 0.3) is 10.9 Å². The third-order valence-corrected chi connectivity index (χ3v) is 3.06. The average Bonchev–Trinajstić information content (AvgIpc) is 2.29. The molecular weight excluding hydrogens is 240 g/mol. The molecule has 0 amide bonds. The predicted octanol–water partition coefficient (Wildman–Crippen LogP) is 2.50. The molecule has 0 aliphatic carbocycles. The number of H-pyrrole nitrogens is 1. The molecule has 0 saturated carbocycles. The van der Waals surface area contributed by atoms with Crippen molar-refractivity contribution in [2.24, 2.45) is 0 Å². The van der Waals surface area contributed by atoms with Crippen molar-refractivity contribution in [1.82, 2.24) is 9.97 Å². The van der Waals surface area contributed by atoms with Crippen LogP contribution in [0.15, 0.2) is 23.0 Å². The molecule has 0 fully saturated rings. The van der Waals surface area contributed by atoms with Crippen LogP contribution in [0, 0.1) is 0 Å². The third kappa shape index (κ3) is 3.05. The maximum absolute atomic E-state index is 12.0. The number of aromatic nitrogens is 2. The zero-order valence-corrected chi connectivity index (χ0v) is 11.6. The minimum atomic E-state index is -0.174. The molecule has 0 aliphatic heterocycles. The van der Waals surface area contributed by atoms with Gasteiger partial charge in [0.05, 0.1) is 10.9 Å². The fourth-order valence-electron chi connectivity index (χ4n) is 2.22. The molecule has 0 bridgehead atoms. The Bertz CT molecular complexity index is 645. The fourth-order valence-corrected chi connectivity index (χ4v) is 2.22. The highest BCUT2D eigenvalue weighted by Crippen LogP contribution is 2.18. The Morgan fingerprint density at radius 2 is 2.16 bits per heavy atom. The van der Waals surface area contributed by atoms with E-state index in [0.29, 0.717) is 22.5 Å². The molecule has 0 radical (unpaired) electrons. The van der Waals surface area contributed by atoms with E-state index in [1.165, 1.54) is 0 Å². The summed E-state index contributed by atoms with van der Waals surface area (Å²) < 4.78 is 0. The van der Waals surface area contributed by atoms with Crippen LogP contribution in [0.1, 0.15) is 33.6 Å². The second-order valence-corrected chi connectivity index (χ2v) is 5.45. The first-order valence-corrected chi connectivity index (χ1v) is 6.49. The lowest BCUT2D eigenvalue weighted by atomic mass is 9.99. The number of fused-ring (bicyclic) bond motifs is 1. The van der Waals surface area contributed by atoms with Gasteiger partial charge in [0.2, 0.25) is 5.95 Å². The van der Waals surface area contributed by atoms with Crippen molar-refractivity contribution >= 4 is 22.5 Å². The van der Waals surface area contributed by atoms with Gasteiger partial charge >= 0.3 is 0 Å². The molecule has 0 aliphatic rings. The van der Waals surface area contributed by atoms with Gasteiger partial charge in [-0.05, 0) is 38.5 Å². The summed E-state index contributed by atoms with van der Waals surface area (Å²) in [6.45, 7) is 6.30. The van der Waals surface area contributed by atoms with Gasteiger partial charge in [-0.15, -0.1) is 0 Å². The molecule has 5 nitrogen and oxygen atoms in total. The molecule has 0 unspecified atom stereocenters. The van der Waals surface area contributed by atoms with Crippen LogP contribution in [-0.4, -0.2) is 15.5 Å². The van der Waals surface area contributed by atoms with Gasteiger partial charge in [0.1, 0.15) is 0 Å². The minimum absolute atomic E-state index is 0.105. The average molecular weight is 260 g/mol. The maximum atomic E-state index is 12.0. The summed E-state index contributed by atoms with van der Waals surface area (Å²) in [5, 5.41) is 3.78. The van der Waals surface area contributed by atoms with Crippen molar-refractivity contribution in [2.45, 2.75) is 39.2 Å². The number of aromatic amines is 1. The molecular formula is C14H20N4O. The van der Waals surface area contributed by atoms with E-state index in [1.807, 2.05) is 0 Å². The molecule has 1 aromatic heterocycles.